The van der Waals surface area contributed by atoms with Crippen molar-refractivity contribution in [1.82, 2.24) is 9.97 Å². The summed E-state index contributed by atoms with van der Waals surface area (Å²) >= 11 is 1.75. The van der Waals surface area contributed by atoms with Gasteiger partial charge in [0.1, 0.15) is 12.1 Å². The number of fused-ring (bicyclic) bond motifs is 1. The smallest absolute Gasteiger partial charge is 0.150 e. The third-order valence-electron chi connectivity index (χ3n) is 4.46. The van der Waals surface area contributed by atoms with Gasteiger partial charge in [-0.1, -0.05) is 13.3 Å². The number of hydrogen-bond donors (Lipinski definition) is 1. The zero-order chi connectivity index (χ0) is 14.1. The maximum Gasteiger partial charge on any atom is 0.150 e. The van der Waals surface area contributed by atoms with Gasteiger partial charge in [-0.15, -0.1) is 11.3 Å². The molecule has 0 aromatic carbocycles. The SMILES string of the molecule is CCC1CCN(c2ncnc3c(C)csc23)C(CN)C1. The maximum atomic E-state index is 6.02. The maximum absolute atomic E-state index is 6.02. The Labute approximate surface area is 124 Å². The second kappa shape index (κ2) is 5.66. The average molecular weight is 290 g/mol. The van der Waals surface area contributed by atoms with Crippen LogP contribution in [0.1, 0.15) is 31.7 Å². The highest BCUT2D eigenvalue weighted by atomic mass is 32.1. The number of piperidine rings is 1. The van der Waals surface area contributed by atoms with E-state index >= 15 is 0 Å². The largest absolute Gasteiger partial charge is 0.351 e. The van der Waals surface area contributed by atoms with Crippen molar-refractivity contribution in [3.63, 3.8) is 0 Å². The molecule has 2 aromatic heterocycles. The molecule has 0 radical (unpaired) electrons. The van der Waals surface area contributed by atoms with Crippen LogP contribution in [-0.2, 0) is 0 Å². The first-order chi connectivity index (χ1) is 9.74. The van der Waals surface area contributed by atoms with Crippen LogP contribution in [0.2, 0.25) is 0 Å². The van der Waals surface area contributed by atoms with Gasteiger partial charge in [-0.2, -0.15) is 0 Å². The molecule has 5 heteroatoms. The van der Waals surface area contributed by atoms with E-state index in [9.17, 15) is 0 Å². The van der Waals surface area contributed by atoms with Gasteiger partial charge >= 0.3 is 0 Å². The molecule has 0 bridgehead atoms. The van der Waals surface area contributed by atoms with E-state index in [4.69, 9.17) is 5.73 Å². The number of anilines is 1. The Morgan fingerprint density at radius 2 is 2.30 bits per heavy atom. The van der Waals surface area contributed by atoms with E-state index in [2.05, 4.69) is 34.1 Å². The highest BCUT2D eigenvalue weighted by Gasteiger charge is 2.29. The third-order valence-corrected chi connectivity index (χ3v) is 5.54. The van der Waals surface area contributed by atoms with Gasteiger partial charge in [-0.05, 0) is 36.6 Å². The number of nitrogens with two attached hydrogens (primary N) is 1. The summed E-state index contributed by atoms with van der Waals surface area (Å²) in [4.78, 5) is 11.4. The van der Waals surface area contributed by atoms with Gasteiger partial charge in [-0.25, -0.2) is 9.97 Å². The molecule has 0 saturated carbocycles. The molecule has 2 aromatic rings. The lowest BCUT2D eigenvalue weighted by Crippen LogP contribution is -2.47. The van der Waals surface area contributed by atoms with E-state index < -0.39 is 0 Å². The molecule has 108 valence electrons. The van der Waals surface area contributed by atoms with Crippen LogP contribution in [0.15, 0.2) is 11.7 Å². The van der Waals surface area contributed by atoms with E-state index in [1.807, 2.05) is 0 Å². The van der Waals surface area contributed by atoms with E-state index in [-0.39, 0.29) is 0 Å². The Hall–Kier alpha value is -1.20. The Balaban J connectivity index is 1.97. The molecule has 1 aliphatic rings. The van der Waals surface area contributed by atoms with Crippen molar-refractivity contribution in [2.24, 2.45) is 11.7 Å². The quantitative estimate of drug-likeness (QED) is 0.944. The van der Waals surface area contributed by atoms with Gasteiger partial charge in [0.25, 0.3) is 0 Å². The molecule has 1 fully saturated rings. The fourth-order valence-electron chi connectivity index (χ4n) is 3.17. The Kier molecular flexibility index (Phi) is 3.89. The van der Waals surface area contributed by atoms with Gasteiger partial charge in [0.15, 0.2) is 0 Å². The van der Waals surface area contributed by atoms with Gasteiger partial charge in [0.2, 0.25) is 0 Å². The average Bonchev–Trinajstić information content (AvgIpc) is 2.88. The fraction of sp³-hybridized carbons (Fsp3) is 0.600. The molecule has 2 N–H and O–H groups in total. The summed E-state index contributed by atoms with van der Waals surface area (Å²) < 4.78 is 1.21. The topological polar surface area (TPSA) is 55.0 Å². The van der Waals surface area contributed by atoms with Gasteiger partial charge in [-0.3, -0.25) is 0 Å². The zero-order valence-corrected chi connectivity index (χ0v) is 13.0. The lowest BCUT2D eigenvalue weighted by Gasteiger charge is -2.39. The summed E-state index contributed by atoms with van der Waals surface area (Å²) in [5.74, 6) is 1.89. The Morgan fingerprint density at radius 3 is 3.05 bits per heavy atom. The molecule has 3 heterocycles. The monoisotopic (exact) mass is 290 g/mol. The number of aromatic nitrogens is 2. The first-order valence-corrected chi connectivity index (χ1v) is 8.28. The lowest BCUT2D eigenvalue weighted by atomic mass is 9.89. The molecule has 1 aliphatic heterocycles. The predicted octanol–water partition coefficient (Wildman–Crippen LogP) is 2.95. The number of hydrogen-bond acceptors (Lipinski definition) is 5. The molecular formula is C15H22N4S. The van der Waals surface area contributed by atoms with Crippen molar-refractivity contribution < 1.29 is 0 Å². The standard InChI is InChI=1S/C15H22N4S/c1-3-11-4-5-19(12(6-11)7-16)15-14-13(17-9-18-15)10(2)8-20-14/h8-9,11-12H,3-7,16H2,1-2H3. The van der Waals surface area contributed by atoms with Gasteiger partial charge in [0.05, 0.1) is 10.2 Å². The molecule has 1 saturated heterocycles. The van der Waals surface area contributed by atoms with Crippen LogP contribution in [0.5, 0.6) is 0 Å². The molecule has 20 heavy (non-hydrogen) atoms. The van der Waals surface area contributed by atoms with Crippen LogP contribution in [0, 0.1) is 12.8 Å². The van der Waals surface area contributed by atoms with Crippen molar-refractivity contribution in [2.45, 2.75) is 39.2 Å². The predicted molar refractivity (Wildman–Crippen MR) is 85.4 cm³/mol. The second-order valence-corrected chi connectivity index (χ2v) is 6.55. The molecule has 2 unspecified atom stereocenters. The molecule has 4 nitrogen and oxygen atoms in total. The van der Waals surface area contributed by atoms with Crippen molar-refractivity contribution in [3.8, 4) is 0 Å². The summed E-state index contributed by atoms with van der Waals surface area (Å²) in [5, 5.41) is 2.17. The Morgan fingerprint density at radius 1 is 1.45 bits per heavy atom. The highest BCUT2D eigenvalue weighted by Crippen LogP contribution is 2.35. The summed E-state index contributed by atoms with van der Waals surface area (Å²) in [7, 11) is 0. The van der Waals surface area contributed by atoms with Crippen molar-refractivity contribution >= 4 is 27.4 Å². The van der Waals surface area contributed by atoms with Crippen molar-refractivity contribution in [1.29, 1.82) is 0 Å². The Bertz CT molecular complexity index is 595. The van der Waals surface area contributed by atoms with Crippen LogP contribution >= 0.6 is 11.3 Å². The minimum Gasteiger partial charge on any atom is -0.351 e. The normalized spacial score (nSPS) is 23.4. The van der Waals surface area contributed by atoms with Gasteiger partial charge in [0, 0.05) is 19.1 Å². The van der Waals surface area contributed by atoms with E-state index in [1.54, 1.807) is 17.7 Å². The summed E-state index contributed by atoms with van der Waals surface area (Å²) in [6, 6.07) is 0.411. The van der Waals surface area contributed by atoms with Crippen molar-refractivity contribution in [3.05, 3.63) is 17.3 Å². The van der Waals surface area contributed by atoms with E-state index in [1.165, 1.54) is 29.5 Å². The molecule has 3 rings (SSSR count). The number of nitrogens with zero attached hydrogens (tertiary/aromatic N) is 3. The fourth-order valence-corrected chi connectivity index (χ4v) is 4.18. The van der Waals surface area contributed by atoms with Crippen LogP contribution in [0.25, 0.3) is 10.2 Å². The van der Waals surface area contributed by atoms with Crippen LogP contribution in [0.4, 0.5) is 5.82 Å². The summed E-state index contributed by atoms with van der Waals surface area (Å²) in [5.41, 5.74) is 8.34. The van der Waals surface area contributed by atoms with Gasteiger partial charge < -0.3 is 10.6 Å². The molecule has 0 aliphatic carbocycles. The first-order valence-electron chi connectivity index (χ1n) is 7.40. The first kappa shape index (κ1) is 13.8. The highest BCUT2D eigenvalue weighted by molar-refractivity contribution is 7.18. The van der Waals surface area contributed by atoms with E-state index in [0.29, 0.717) is 12.6 Å². The zero-order valence-electron chi connectivity index (χ0n) is 12.2. The lowest BCUT2D eigenvalue weighted by molar-refractivity contribution is 0.335. The molecule has 2 atom stereocenters. The number of thiophene rings is 1. The van der Waals surface area contributed by atoms with Crippen molar-refractivity contribution in [2.75, 3.05) is 18.0 Å². The molecular weight excluding hydrogens is 268 g/mol. The molecule has 0 amide bonds. The minimum absolute atomic E-state index is 0.411. The number of rotatable bonds is 3. The number of aryl methyl sites for hydroxylation is 1. The van der Waals surface area contributed by atoms with E-state index in [0.717, 1.165) is 23.8 Å². The van der Waals surface area contributed by atoms with Crippen LogP contribution in [-0.4, -0.2) is 29.1 Å². The summed E-state index contributed by atoms with van der Waals surface area (Å²) in [6.45, 7) is 6.15. The van der Waals surface area contributed by atoms with Crippen LogP contribution in [0.3, 0.4) is 0 Å². The minimum atomic E-state index is 0.411. The summed E-state index contributed by atoms with van der Waals surface area (Å²) in [6.07, 6.45) is 5.37. The second-order valence-electron chi connectivity index (χ2n) is 5.68. The van der Waals surface area contributed by atoms with Crippen LogP contribution < -0.4 is 10.6 Å². The third kappa shape index (κ3) is 2.29. The molecule has 0 spiro atoms.